The molecule has 9 nitrogen and oxygen atoms in total. The lowest BCUT2D eigenvalue weighted by atomic mass is 9.68. The van der Waals surface area contributed by atoms with Crippen molar-refractivity contribution in [3.8, 4) is 11.5 Å². The molecule has 0 N–H and O–H groups in total. The summed E-state index contributed by atoms with van der Waals surface area (Å²) in [7, 11) is 4.36. The number of fused-ring (bicyclic) bond motifs is 5. The van der Waals surface area contributed by atoms with E-state index < -0.39 is 46.9 Å². The molecule has 2 aromatic carbocycles. The van der Waals surface area contributed by atoms with Crippen LogP contribution in [0.4, 0.5) is 0 Å². The molecule has 0 spiro atoms. The summed E-state index contributed by atoms with van der Waals surface area (Å²) < 4.78 is 28.7. The fourth-order valence-electron chi connectivity index (χ4n) is 6.02. The average molecular weight is 536 g/mol. The van der Waals surface area contributed by atoms with Gasteiger partial charge in [-0.1, -0.05) is 30.3 Å². The fourth-order valence-corrected chi connectivity index (χ4v) is 6.02. The van der Waals surface area contributed by atoms with Gasteiger partial charge in [-0.25, -0.2) is 0 Å². The maximum atomic E-state index is 14.4. The number of methoxy groups -OCH3 is 3. The Morgan fingerprint density at radius 2 is 1.69 bits per heavy atom. The highest BCUT2D eigenvalue weighted by molar-refractivity contribution is 6.15. The molecule has 3 aliphatic heterocycles. The summed E-state index contributed by atoms with van der Waals surface area (Å²) in [6.45, 7) is 5.60. The predicted molar refractivity (Wildman–Crippen MR) is 141 cm³/mol. The Bertz CT molecular complexity index is 1340. The van der Waals surface area contributed by atoms with E-state index in [4.69, 9.17) is 23.7 Å². The van der Waals surface area contributed by atoms with Crippen LogP contribution in [0.15, 0.2) is 48.5 Å². The molecule has 4 atom stereocenters. The average Bonchev–Trinajstić information content (AvgIpc) is 3.23. The van der Waals surface area contributed by atoms with Gasteiger partial charge in [0.2, 0.25) is 0 Å². The number of hydrogen-bond donors (Lipinski definition) is 0. The number of nitrogens with zero attached hydrogens (tertiary/aromatic N) is 1. The third-order valence-corrected chi connectivity index (χ3v) is 7.60. The van der Waals surface area contributed by atoms with Crippen molar-refractivity contribution in [3.63, 3.8) is 0 Å². The van der Waals surface area contributed by atoms with Crippen LogP contribution in [-0.4, -0.2) is 68.2 Å². The SMILES string of the molecule is COC(=O)[C@H]1[C@H]2OC(c3ccccc3)=CC(=O)[C@@]2(C(=O)OC(C)(C)C)[C@@H]2c3cc(OC)c(OC)cc3CCN21. The van der Waals surface area contributed by atoms with Crippen LogP contribution in [0, 0.1) is 5.41 Å². The summed E-state index contributed by atoms with van der Waals surface area (Å²) in [5.41, 5.74) is -0.562. The fraction of sp³-hybridized carbons (Fsp3) is 0.433. The second-order valence-corrected chi connectivity index (χ2v) is 10.9. The molecule has 3 heterocycles. The third-order valence-electron chi connectivity index (χ3n) is 7.60. The molecule has 39 heavy (non-hydrogen) atoms. The number of carbonyl (C=O) groups is 3. The summed E-state index contributed by atoms with van der Waals surface area (Å²) in [6, 6.07) is 10.8. The summed E-state index contributed by atoms with van der Waals surface area (Å²) in [5, 5.41) is 0. The number of carbonyl (C=O) groups excluding carboxylic acids is 3. The maximum absolute atomic E-state index is 14.4. The standard InChI is InChI=1S/C30H33NO8/c1-29(2,3)39-28(34)30-23(32)16-20(17-10-8-7-9-11-17)38-26(30)24(27(33)37-6)31-13-12-18-14-21(35-4)22(36-5)15-19(18)25(30)31/h7-11,14-16,24-26H,12-13H2,1-6H3/t24-,25+,26-,30-/m1/s1. The van der Waals surface area contributed by atoms with Gasteiger partial charge in [0.1, 0.15) is 17.4 Å². The molecule has 0 aliphatic carbocycles. The van der Waals surface area contributed by atoms with Gasteiger partial charge in [0, 0.05) is 18.2 Å². The minimum Gasteiger partial charge on any atom is -0.493 e. The van der Waals surface area contributed by atoms with Gasteiger partial charge in [-0.2, -0.15) is 0 Å². The monoisotopic (exact) mass is 535 g/mol. The Labute approximate surface area is 227 Å². The second-order valence-electron chi connectivity index (χ2n) is 10.9. The molecule has 1 fully saturated rings. The van der Waals surface area contributed by atoms with Crippen molar-refractivity contribution in [1.82, 2.24) is 4.90 Å². The molecule has 0 unspecified atom stereocenters. The highest BCUT2D eigenvalue weighted by Gasteiger charge is 2.74. The maximum Gasteiger partial charge on any atom is 0.327 e. The Morgan fingerprint density at radius 1 is 1.03 bits per heavy atom. The molecule has 5 rings (SSSR count). The summed E-state index contributed by atoms with van der Waals surface area (Å²) in [4.78, 5) is 43.9. The minimum absolute atomic E-state index is 0.283. The molecule has 3 aliphatic rings. The Balaban J connectivity index is 1.78. The molecule has 0 aromatic heterocycles. The number of benzene rings is 2. The van der Waals surface area contributed by atoms with E-state index in [1.807, 2.05) is 41.3 Å². The Kier molecular flexibility index (Phi) is 6.66. The number of hydrogen-bond acceptors (Lipinski definition) is 9. The zero-order chi connectivity index (χ0) is 28.1. The molecule has 206 valence electrons. The molecule has 9 heteroatoms. The first-order valence-corrected chi connectivity index (χ1v) is 12.9. The highest BCUT2D eigenvalue weighted by atomic mass is 16.6. The lowest BCUT2D eigenvalue weighted by Gasteiger charge is -2.42. The lowest BCUT2D eigenvalue weighted by Crippen LogP contribution is -2.56. The number of ketones is 1. The van der Waals surface area contributed by atoms with Crippen LogP contribution in [0.5, 0.6) is 11.5 Å². The number of rotatable bonds is 5. The van der Waals surface area contributed by atoms with E-state index in [2.05, 4.69) is 0 Å². The van der Waals surface area contributed by atoms with Crippen LogP contribution < -0.4 is 9.47 Å². The van der Waals surface area contributed by atoms with Gasteiger partial charge in [-0.15, -0.1) is 0 Å². The van der Waals surface area contributed by atoms with Crippen molar-refractivity contribution in [3.05, 3.63) is 65.2 Å². The molecule has 0 radical (unpaired) electrons. The molecule has 0 amide bonds. The second kappa shape index (κ2) is 9.72. The molecule has 2 aromatic rings. The van der Waals surface area contributed by atoms with E-state index in [0.717, 1.165) is 5.56 Å². The van der Waals surface area contributed by atoms with Gasteiger partial charge < -0.3 is 23.7 Å². The van der Waals surface area contributed by atoms with Gasteiger partial charge in [0.05, 0.1) is 27.4 Å². The van der Waals surface area contributed by atoms with Gasteiger partial charge in [0.15, 0.2) is 28.8 Å². The normalized spacial score (nSPS) is 25.8. The van der Waals surface area contributed by atoms with Gasteiger partial charge in [-0.05, 0) is 50.5 Å². The quantitative estimate of drug-likeness (QED) is 0.421. The Morgan fingerprint density at radius 3 is 2.31 bits per heavy atom. The van der Waals surface area contributed by atoms with Gasteiger partial charge >= 0.3 is 11.9 Å². The van der Waals surface area contributed by atoms with Crippen molar-refractivity contribution in [1.29, 1.82) is 0 Å². The largest absolute Gasteiger partial charge is 0.493 e. The minimum atomic E-state index is -1.88. The topological polar surface area (TPSA) is 101 Å². The van der Waals surface area contributed by atoms with Crippen LogP contribution >= 0.6 is 0 Å². The molecule has 0 bridgehead atoms. The van der Waals surface area contributed by atoms with Gasteiger partial charge in [0.25, 0.3) is 0 Å². The first-order valence-electron chi connectivity index (χ1n) is 12.9. The van der Waals surface area contributed by atoms with Crippen LogP contribution in [0.1, 0.15) is 43.5 Å². The van der Waals surface area contributed by atoms with E-state index >= 15 is 0 Å². The molecule has 1 saturated heterocycles. The zero-order valence-electron chi connectivity index (χ0n) is 23.0. The molecule has 0 saturated carbocycles. The van der Waals surface area contributed by atoms with Crippen LogP contribution in [-0.2, 0) is 35.0 Å². The number of esters is 2. The molecular formula is C30H33NO8. The van der Waals surface area contributed by atoms with Crippen LogP contribution in [0.3, 0.4) is 0 Å². The van der Waals surface area contributed by atoms with Crippen molar-refractivity contribution in [2.45, 2.75) is 51.0 Å². The van der Waals surface area contributed by atoms with Crippen molar-refractivity contribution >= 4 is 23.5 Å². The van der Waals surface area contributed by atoms with E-state index in [1.54, 1.807) is 33.9 Å². The van der Waals surface area contributed by atoms with Crippen LogP contribution in [0.25, 0.3) is 5.76 Å². The first kappa shape index (κ1) is 26.7. The van der Waals surface area contributed by atoms with Crippen molar-refractivity contribution in [2.75, 3.05) is 27.9 Å². The predicted octanol–water partition coefficient (Wildman–Crippen LogP) is 3.50. The molecular weight excluding hydrogens is 502 g/mol. The lowest BCUT2D eigenvalue weighted by molar-refractivity contribution is -0.178. The van der Waals surface area contributed by atoms with Crippen molar-refractivity contribution in [2.24, 2.45) is 5.41 Å². The highest BCUT2D eigenvalue weighted by Crippen LogP contribution is 2.59. The number of allylic oxidation sites excluding steroid dienone is 1. The van der Waals surface area contributed by atoms with Crippen LogP contribution in [0.2, 0.25) is 0 Å². The smallest absolute Gasteiger partial charge is 0.327 e. The summed E-state index contributed by atoms with van der Waals surface area (Å²) in [5.74, 6) is -0.575. The summed E-state index contributed by atoms with van der Waals surface area (Å²) >= 11 is 0. The van der Waals surface area contributed by atoms with E-state index in [9.17, 15) is 14.4 Å². The first-order chi connectivity index (χ1) is 18.6. The van der Waals surface area contributed by atoms with Gasteiger partial charge in [-0.3, -0.25) is 19.3 Å². The number of ether oxygens (including phenoxy) is 5. The third kappa shape index (κ3) is 4.16. The zero-order valence-corrected chi connectivity index (χ0v) is 23.0. The van der Waals surface area contributed by atoms with E-state index in [-0.39, 0.29) is 5.76 Å². The summed E-state index contributed by atoms with van der Waals surface area (Å²) in [6.07, 6.45) is 0.698. The van der Waals surface area contributed by atoms with E-state index in [1.165, 1.54) is 20.3 Å². The van der Waals surface area contributed by atoms with Crippen molar-refractivity contribution < 1.29 is 38.1 Å². The Hall–Kier alpha value is -3.85. The van der Waals surface area contributed by atoms with E-state index in [0.29, 0.717) is 35.6 Å².